The maximum absolute atomic E-state index is 15.6. The normalized spacial score (nSPS) is 16.9. The molecule has 0 saturated heterocycles. The molecule has 0 bridgehead atoms. The van der Waals surface area contributed by atoms with Crippen molar-refractivity contribution in [3.8, 4) is 11.1 Å². The Hall–Kier alpha value is -3.29. The molecule has 0 atom stereocenters. The molecule has 34 heavy (non-hydrogen) atoms. The topological polar surface area (TPSA) is 72.6 Å². The third-order valence-corrected chi connectivity index (χ3v) is 6.30. The SMILES string of the molecule is CC1=C(C)c2c(c(C(N)=O)cc(F)c2-c2cccc3c2C(F)(F)CN(C(=O)OC(C)(C)C)C3)C1. The minimum absolute atomic E-state index is 0.0246. The van der Waals surface area contributed by atoms with E-state index < -0.39 is 35.9 Å². The number of rotatable bonds is 2. The molecule has 2 aliphatic rings. The molecule has 1 heterocycles. The second kappa shape index (κ2) is 7.89. The van der Waals surface area contributed by atoms with Crippen LogP contribution < -0.4 is 5.73 Å². The number of carbonyl (C=O) groups excluding carboxylic acids is 2. The summed E-state index contributed by atoms with van der Waals surface area (Å²) in [5.74, 6) is -5.01. The lowest BCUT2D eigenvalue weighted by Gasteiger charge is -2.36. The molecule has 0 unspecified atom stereocenters. The van der Waals surface area contributed by atoms with Crippen LogP contribution in [0.2, 0.25) is 0 Å². The van der Waals surface area contributed by atoms with Crippen molar-refractivity contribution in [1.29, 1.82) is 0 Å². The summed E-state index contributed by atoms with van der Waals surface area (Å²) in [6, 6.07) is 5.57. The molecular formula is C26H27F3N2O3. The Bertz CT molecular complexity index is 1260. The summed E-state index contributed by atoms with van der Waals surface area (Å²) < 4.78 is 52.0. The van der Waals surface area contributed by atoms with E-state index in [0.717, 1.165) is 22.1 Å². The Balaban J connectivity index is 1.90. The number of benzene rings is 2. The number of carbonyl (C=O) groups is 2. The Morgan fingerprint density at radius 3 is 2.44 bits per heavy atom. The molecule has 180 valence electrons. The zero-order valence-corrected chi connectivity index (χ0v) is 19.8. The fourth-order valence-electron chi connectivity index (χ4n) is 4.79. The van der Waals surface area contributed by atoms with Crippen molar-refractivity contribution >= 4 is 17.6 Å². The van der Waals surface area contributed by atoms with Gasteiger partial charge in [0.2, 0.25) is 5.91 Å². The molecular weight excluding hydrogens is 445 g/mol. The van der Waals surface area contributed by atoms with Crippen LogP contribution in [0.1, 0.15) is 67.2 Å². The Morgan fingerprint density at radius 1 is 1.15 bits per heavy atom. The minimum atomic E-state index is -3.45. The molecule has 0 aromatic heterocycles. The van der Waals surface area contributed by atoms with Crippen LogP contribution >= 0.6 is 0 Å². The van der Waals surface area contributed by atoms with Crippen molar-refractivity contribution in [3.63, 3.8) is 0 Å². The fraction of sp³-hybridized carbons (Fsp3) is 0.385. The highest BCUT2D eigenvalue weighted by molar-refractivity contribution is 6.00. The van der Waals surface area contributed by atoms with Crippen LogP contribution in [0.15, 0.2) is 29.8 Å². The predicted molar refractivity (Wildman–Crippen MR) is 123 cm³/mol. The lowest BCUT2D eigenvalue weighted by molar-refractivity contribution is -0.0587. The van der Waals surface area contributed by atoms with Crippen LogP contribution in [0, 0.1) is 5.82 Å². The number of amides is 2. The van der Waals surface area contributed by atoms with Gasteiger partial charge in [-0.25, -0.2) is 9.18 Å². The van der Waals surface area contributed by atoms with Gasteiger partial charge in [0.15, 0.2) is 0 Å². The number of allylic oxidation sites excluding steroid dienone is 2. The first-order chi connectivity index (χ1) is 15.7. The molecule has 2 amide bonds. The number of primary amides is 1. The standard InChI is InChI=1S/C26H27F3N2O3/c1-13-9-17-18(23(30)32)10-19(27)21(20(17)14(13)2)16-8-6-7-15-11-31(12-26(28,29)22(15)16)24(33)34-25(3,4)5/h6-8,10H,9,11-12H2,1-5H3,(H2,30,32). The van der Waals surface area contributed by atoms with E-state index in [4.69, 9.17) is 10.5 Å². The van der Waals surface area contributed by atoms with Crippen LogP contribution in [-0.4, -0.2) is 29.0 Å². The molecule has 0 radical (unpaired) electrons. The largest absolute Gasteiger partial charge is 0.444 e. The van der Waals surface area contributed by atoms with Gasteiger partial charge < -0.3 is 10.5 Å². The summed E-state index contributed by atoms with van der Waals surface area (Å²) >= 11 is 0. The number of hydrogen-bond donors (Lipinski definition) is 1. The van der Waals surface area contributed by atoms with E-state index in [1.807, 2.05) is 6.92 Å². The van der Waals surface area contributed by atoms with E-state index in [0.29, 0.717) is 17.5 Å². The first-order valence-electron chi connectivity index (χ1n) is 11.0. The maximum Gasteiger partial charge on any atom is 0.410 e. The van der Waals surface area contributed by atoms with Crippen molar-refractivity contribution in [2.75, 3.05) is 6.54 Å². The zero-order chi connectivity index (χ0) is 25.2. The van der Waals surface area contributed by atoms with E-state index in [-0.39, 0.29) is 34.4 Å². The lowest BCUT2D eigenvalue weighted by atomic mass is 9.84. The number of fused-ring (bicyclic) bond motifs is 2. The van der Waals surface area contributed by atoms with E-state index in [9.17, 15) is 9.59 Å². The quantitative estimate of drug-likeness (QED) is 0.602. The molecule has 0 spiro atoms. The first-order valence-corrected chi connectivity index (χ1v) is 11.0. The van der Waals surface area contributed by atoms with Crippen LogP contribution in [0.5, 0.6) is 0 Å². The highest BCUT2D eigenvalue weighted by Crippen LogP contribution is 2.48. The van der Waals surface area contributed by atoms with Gasteiger partial charge in [0.05, 0.1) is 6.54 Å². The van der Waals surface area contributed by atoms with Gasteiger partial charge in [-0.15, -0.1) is 0 Å². The number of ether oxygens (including phenoxy) is 1. The number of hydrogen-bond acceptors (Lipinski definition) is 3. The summed E-state index contributed by atoms with van der Waals surface area (Å²) in [5, 5.41) is 0. The van der Waals surface area contributed by atoms with E-state index >= 15 is 13.2 Å². The molecule has 2 aromatic carbocycles. The van der Waals surface area contributed by atoms with Gasteiger partial charge in [-0.3, -0.25) is 9.69 Å². The highest BCUT2D eigenvalue weighted by atomic mass is 19.3. The average molecular weight is 473 g/mol. The molecule has 5 nitrogen and oxygen atoms in total. The monoisotopic (exact) mass is 472 g/mol. The molecule has 0 saturated carbocycles. The maximum atomic E-state index is 15.6. The molecule has 2 N–H and O–H groups in total. The van der Waals surface area contributed by atoms with Gasteiger partial charge in [-0.05, 0) is 74.9 Å². The zero-order valence-electron chi connectivity index (χ0n) is 19.8. The van der Waals surface area contributed by atoms with Gasteiger partial charge >= 0.3 is 6.09 Å². The Morgan fingerprint density at radius 2 is 1.82 bits per heavy atom. The molecule has 8 heteroatoms. The van der Waals surface area contributed by atoms with Crippen molar-refractivity contribution in [2.45, 2.75) is 59.1 Å². The van der Waals surface area contributed by atoms with Gasteiger partial charge in [0.1, 0.15) is 11.4 Å². The van der Waals surface area contributed by atoms with E-state index in [1.54, 1.807) is 33.8 Å². The Labute approximate surface area is 196 Å². The lowest BCUT2D eigenvalue weighted by Crippen LogP contribution is -2.46. The van der Waals surface area contributed by atoms with Crippen molar-refractivity contribution in [3.05, 3.63) is 63.5 Å². The number of nitrogens with zero attached hydrogens (tertiary/aromatic N) is 1. The summed E-state index contributed by atoms with van der Waals surface area (Å²) in [6.07, 6.45) is -0.444. The van der Waals surface area contributed by atoms with E-state index in [1.165, 1.54) is 12.1 Å². The van der Waals surface area contributed by atoms with E-state index in [2.05, 4.69) is 0 Å². The molecule has 4 rings (SSSR count). The summed E-state index contributed by atoms with van der Waals surface area (Å²) in [6.45, 7) is 7.65. The van der Waals surface area contributed by atoms with Crippen LogP contribution in [0.3, 0.4) is 0 Å². The van der Waals surface area contributed by atoms with Crippen molar-refractivity contribution in [2.24, 2.45) is 5.73 Å². The van der Waals surface area contributed by atoms with Crippen LogP contribution in [-0.2, 0) is 23.6 Å². The van der Waals surface area contributed by atoms with Gasteiger partial charge in [-0.1, -0.05) is 23.8 Å². The molecule has 0 fully saturated rings. The number of halogens is 3. The fourth-order valence-corrected chi connectivity index (χ4v) is 4.79. The molecule has 2 aromatic rings. The third kappa shape index (κ3) is 3.95. The molecule has 1 aliphatic carbocycles. The number of nitrogens with two attached hydrogens (primary N) is 1. The third-order valence-electron chi connectivity index (χ3n) is 6.30. The average Bonchev–Trinajstić information content (AvgIpc) is 2.99. The predicted octanol–water partition coefficient (Wildman–Crippen LogP) is 5.78. The van der Waals surface area contributed by atoms with Crippen LogP contribution in [0.4, 0.5) is 18.0 Å². The first kappa shape index (κ1) is 23.9. The second-order valence-corrected chi connectivity index (χ2v) is 9.96. The smallest absolute Gasteiger partial charge is 0.410 e. The van der Waals surface area contributed by atoms with Gasteiger partial charge in [0, 0.05) is 23.2 Å². The van der Waals surface area contributed by atoms with Gasteiger partial charge in [-0.2, -0.15) is 8.78 Å². The summed E-state index contributed by atoms with van der Waals surface area (Å²) in [7, 11) is 0. The van der Waals surface area contributed by atoms with Crippen molar-refractivity contribution in [1.82, 2.24) is 4.90 Å². The van der Waals surface area contributed by atoms with Crippen molar-refractivity contribution < 1.29 is 27.5 Å². The minimum Gasteiger partial charge on any atom is -0.444 e. The Kier molecular flexibility index (Phi) is 5.54. The van der Waals surface area contributed by atoms with Gasteiger partial charge in [0.25, 0.3) is 5.92 Å². The second-order valence-electron chi connectivity index (χ2n) is 9.96. The molecule has 1 aliphatic heterocycles. The summed E-state index contributed by atoms with van der Waals surface area (Å²) in [5.41, 5.74) is 7.30. The number of alkyl halides is 2. The highest BCUT2D eigenvalue weighted by Gasteiger charge is 2.45. The van der Waals surface area contributed by atoms with Crippen LogP contribution in [0.25, 0.3) is 16.7 Å². The summed E-state index contributed by atoms with van der Waals surface area (Å²) in [4.78, 5) is 25.5.